The van der Waals surface area contributed by atoms with Crippen LogP contribution in [0.2, 0.25) is 0 Å². The van der Waals surface area contributed by atoms with Crippen molar-refractivity contribution in [3.8, 4) is 0 Å². The van der Waals surface area contributed by atoms with Crippen molar-refractivity contribution in [3.05, 3.63) is 52.3 Å². The molecule has 1 fully saturated rings. The highest BCUT2D eigenvalue weighted by Gasteiger charge is 2.36. The highest BCUT2D eigenvalue weighted by Crippen LogP contribution is 2.38. The van der Waals surface area contributed by atoms with Gasteiger partial charge in [0.2, 0.25) is 0 Å². The van der Waals surface area contributed by atoms with Crippen molar-refractivity contribution in [1.82, 2.24) is 9.47 Å². The van der Waals surface area contributed by atoms with E-state index in [-0.39, 0.29) is 14.0 Å². The summed E-state index contributed by atoms with van der Waals surface area (Å²) in [7, 11) is 2.07. The molecule has 3 heterocycles. The molecule has 1 saturated heterocycles. The van der Waals surface area contributed by atoms with Gasteiger partial charge in [0.1, 0.15) is 5.69 Å². The van der Waals surface area contributed by atoms with Gasteiger partial charge in [0.05, 0.1) is 12.1 Å². The Balaban J connectivity index is 0.00000210. The lowest BCUT2D eigenvalue weighted by Gasteiger charge is -2.34. The van der Waals surface area contributed by atoms with E-state index in [1.165, 1.54) is 22.0 Å². The van der Waals surface area contributed by atoms with E-state index in [4.69, 9.17) is 0 Å². The number of piperazine rings is 1. The van der Waals surface area contributed by atoms with Gasteiger partial charge in [-0.05, 0) is 36.7 Å². The molecule has 7 heteroatoms. The number of rotatable bonds is 3. The molecule has 0 atom stereocenters. The summed E-state index contributed by atoms with van der Waals surface area (Å²) in [6, 6.07) is 10.6. The quantitative estimate of drug-likeness (QED) is 0.607. The normalized spacial score (nSPS) is 15.9. The number of hydrogen-bond donors (Lipinski definition) is 0. The zero-order valence-corrected chi connectivity index (χ0v) is 15.3. The predicted octanol–water partition coefficient (Wildman–Crippen LogP) is 5.16. The number of hydrogen-bond acceptors (Lipinski definition) is 3. The standard InChI is InChI=1S/C19H20F3N3S.CH4/c1-23-7-9-24(10-8-23)16-5-2-6-17-15(16)12-18(19(20,21)22)25(17)13-14-4-3-11-26-14;/h2-6,11-12H,7-10,13H2,1H3;1H4. The van der Waals surface area contributed by atoms with Gasteiger partial charge in [-0.2, -0.15) is 13.2 Å². The van der Waals surface area contributed by atoms with E-state index in [1.54, 1.807) is 6.07 Å². The van der Waals surface area contributed by atoms with Crippen LogP contribution in [0.3, 0.4) is 0 Å². The molecule has 4 rings (SSSR count). The Kier molecular flexibility index (Phi) is 5.53. The first-order chi connectivity index (χ1) is 12.4. The highest BCUT2D eigenvalue weighted by molar-refractivity contribution is 7.09. The number of halogens is 3. The summed E-state index contributed by atoms with van der Waals surface area (Å²) in [5, 5.41) is 2.57. The summed E-state index contributed by atoms with van der Waals surface area (Å²) < 4.78 is 42.5. The van der Waals surface area contributed by atoms with E-state index < -0.39 is 11.9 Å². The molecule has 0 radical (unpaired) electrons. The molecular formula is C20H24F3N3S. The molecular weight excluding hydrogens is 371 g/mol. The predicted molar refractivity (Wildman–Crippen MR) is 107 cm³/mol. The Morgan fingerprint density at radius 3 is 2.41 bits per heavy atom. The second-order valence-electron chi connectivity index (χ2n) is 6.69. The van der Waals surface area contributed by atoms with Crippen molar-refractivity contribution >= 4 is 27.9 Å². The molecule has 3 aromatic rings. The molecule has 3 nitrogen and oxygen atoms in total. The summed E-state index contributed by atoms with van der Waals surface area (Å²) in [4.78, 5) is 5.34. The van der Waals surface area contributed by atoms with Gasteiger partial charge in [-0.1, -0.05) is 19.6 Å². The van der Waals surface area contributed by atoms with Crippen LogP contribution in [0.1, 0.15) is 18.0 Å². The van der Waals surface area contributed by atoms with E-state index in [0.717, 1.165) is 36.7 Å². The maximum Gasteiger partial charge on any atom is 0.431 e. The molecule has 0 aliphatic carbocycles. The number of nitrogens with zero attached hydrogens (tertiary/aromatic N) is 3. The second kappa shape index (κ2) is 7.56. The Hall–Kier alpha value is -1.99. The van der Waals surface area contributed by atoms with Crippen LogP contribution in [-0.2, 0) is 12.7 Å². The van der Waals surface area contributed by atoms with Crippen LogP contribution in [-0.4, -0.2) is 42.7 Å². The molecule has 0 N–H and O–H groups in total. The highest BCUT2D eigenvalue weighted by atomic mass is 32.1. The van der Waals surface area contributed by atoms with Crippen LogP contribution in [0, 0.1) is 0 Å². The topological polar surface area (TPSA) is 11.4 Å². The molecule has 27 heavy (non-hydrogen) atoms. The van der Waals surface area contributed by atoms with Gasteiger partial charge in [0, 0.05) is 42.1 Å². The number of benzene rings is 1. The van der Waals surface area contributed by atoms with Crippen molar-refractivity contribution < 1.29 is 13.2 Å². The number of likely N-dealkylation sites (N-methyl/N-ethyl adjacent to an activating group) is 1. The number of alkyl halides is 3. The fourth-order valence-electron chi connectivity index (χ4n) is 3.56. The third-order valence-electron chi connectivity index (χ3n) is 4.95. The summed E-state index contributed by atoms with van der Waals surface area (Å²) in [5.74, 6) is 0. The molecule has 0 bridgehead atoms. The first kappa shape index (κ1) is 19.8. The van der Waals surface area contributed by atoms with Crippen molar-refractivity contribution in [2.75, 3.05) is 38.1 Å². The lowest BCUT2D eigenvalue weighted by molar-refractivity contribution is -0.143. The van der Waals surface area contributed by atoms with Gasteiger partial charge in [-0.15, -0.1) is 11.3 Å². The fraction of sp³-hybridized carbons (Fsp3) is 0.400. The van der Waals surface area contributed by atoms with Gasteiger partial charge in [-0.25, -0.2) is 0 Å². The van der Waals surface area contributed by atoms with Crippen molar-refractivity contribution in [2.24, 2.45) is 0 Å². The van der Waals surface area contributed by atoms with Crippen LogP contribution in [0.5, 0.6) is 0 Å². The van der Waals surface area contributed by atoms with Crippen LogP contribution in [0.25, 0.3) is 10.9 Å². The van der Waals surface area contributed by atoms with Crippen molar-refractivity contribution in [2.45, 2.75) is 20.1 Å². The van der Waals surface area contributed by atoms with Crippen LogP contribution < -0.4 is 4.90 Å². The second-order valence-corrected chi connectivity index (χ2v) is 7.73. The minimum Gasteiger partial charge on any atom is -0.368 e. The molecule has 1 aromatic carbocycles. The number of anilines is 1. The van der Waals surface area contributed by atoms with Gasteiger partial charge in [0.15, 0.2) is 0 Å². The first-order valence-corrected chi connectivity index (χ1v) is 9.47. The molecule has 1 aliphatic rings. The van der Waals surface area contributed by atoms with E-state index >= 15 is 0 Å². The Morgan fingerprint density at radius 2 is 1.78 bits per heavy atom. The lowest BCUT2D eigenvalue weighted by atomic mass is 10.1. The van der Waals surface area contributed by atoms with Gasteiger partial charge < -0.3 is 14.4 Å². The number of fused-ring (bicyclic) bond motifs is 1. The van der Waals surface area contributed by atoms with Crippen molar-refractivity contribution in [1.29, 1.82) is 0 Å². The van der Waals surface area contributed by atoms with Crippen LogP contribution in [0.4, 0.5) is 18.9 Å². The Morgan fingerprint density at radius 1 is 1.04 bits per heavy atom. The maximum atomic E-state index is 13.7. The maximum absolute atomic E-state index is 13.7. The summed E-state index contributed by atoms with van der Waals surface area (Å²) in [5.41, 5.74) is 0.954. The zero-order valence-electron chi connectivity index (χ0n) is 14.5. The van der Waals surface area contributed by atoms with Gasteiger partial charge >= 0.3 is 6.18 Å². The van der Waals surface area contributed by atoms with E-state index in [0.29, 0.717) is 10.9 Å². The summed E-state index contributed by atoms with van der Waals surface area (Å²) >= 11 is 1.48. The molecule has 146 valence electrons. The SMILES string of the molecule is C.CN1CCN(c2cccc3c2cc(C(F)(F)F)n3Cc2cccs2)CC1. The Labute approximate surface area is 161 Å². The van der Waals surface area contributed by atoms with Crippen LogP contribution >= 0.6 is 11.3 Å². The summed E-state index contributed by atoms with van der Waals surface area (Å²) in [6.45, 7) is 3.72. The molecule has 0 saturated carbocycles. The third-order valence-corrected chi connectivity index (χ3v) is 5.81. The molecule has 1 aliphatic heterocycles. The molecule has 0 spiro atoms. The van der Waals surface area contributed by atoms with E-state index in [1.807, 2.05) is 29.6 Å². The van der Waals surface area contributed by atoms with Crippen molar-refractivity contribution in [3.63, 3.8) is 0 Å². The average molecular weight is 395 g/mol. The van der Waals surface area contributed by atoms with Gasteiger partial charge in [0.25, 0.3) is 0 Å². The lowest BCUT2D eigenvalue weighted by Crippen LogP contribution is -2.44. The average Bonchev–Trinajstić information content (AvgIpc) is 3.24. The largest absolute Gasteiger partial charge is 0.431 e. The first-order valence-electron chi connectivity index (χ1n) is 8.59. The Bertz CT molecular complexity index is 891. The molecule has 0 amide bonds. The summed E-state index contributed by atoms with van der Waals surface area (Å²) in [6.07, 6.45) is -4.38. The smallest absolute Gasteiger partial charge is 0.368 e. The number of aromatic nitrogens is 1. The molecule has 0 unspecified atom stereocenters. The monoisotopic (exact) mass is 395 g/mol. The third kappa shape index (κ3) is 3.84. The fourth-order valence-corrected chi connectivity index (χ4v) is 4.25. The van der Waals surface area contributed by atoms with E-state index in [9.17, 15) is 13.2 Å². The minimum atomic E-state index is -4.38. The van der Waals surface area contributed by atoms with Crippen LogP contribution in [0.15, 0.2) is 41.8 Å². The minimum absolute atomic E-state index is 0. The number of thiophene rings is 1. The zero-order chi connectivity index (χ0) is 18.3. The molecule has 2 aromatic heterocycles. The van der Waals surface area contributed by atoms with E-state index in [2.05, 4.69) is 16.8 Å². The van der Waals surface area contributed by atoms with Gasteiger partial charge in [-0.3, -0.25) is 0 Å².